The van der Waals surface area contributed by atoms with E-state index in [0.717, 1.165) is 0 Å². The minimum absolute atomic E-state index is 0.0401. The van der Waals surface area contributed by atoms with Gasteiger partial charge >= 0.3 is 12.1 Å². The summed E-state index contributed by atoms with van der Waals surface area (Å²) >= 11 is 0. The molecule has 0 atom stereocenters. The van der Waals surface area contributed by atoms with Gasteiger partial charge < -0.3 is 9.47 Å². The number of alkyl halides is 3. The van der Waals surface area contributed by atoms with Gasteiger partial charge in [-0.1, -0.05) is 0 Å². The van der Waals surface area contributed by atoms with E-state index in [0.29, 0.717) is 6.26 Å². The van der Waals surface area contributed by atoms with E-state index in [9.17, 15) is 22.8 Å². The number of ether oxygens (including phenoxy) is 2. The molecule has 0 rings (SSSR count). The van der Waals surface area contributed by atoms with Gasteiger partial charge in [-0.05, 0) is 13.8 Å². The van der Waals surface area contributed by atoms with Gasteiger partial charge in [0.15, 0.2) is 5.78 Å². The first-order valence-corrected chi connectivity index (χ1v) is 4.90. The fraction of sp³-hybridized carbons (Fsp3) is 0.600. The van der Waals surface area contributed by atoms with Crippen LogP contribution in [0.5, 0.6) is 0 Å². The molecular weight excluding hydrogens is 241 g/mol. The third-order valence-corrected chi connectivity index (χ3v) is 1.52. The zero-order valence-corrected chi connectivity index (χ0v) is 9.47. The van der Waals surface area contributed by atoms with E-state index in [4.69, 9.17) is 0 Å². The van der Waals surface area contributed by atoms with Gasteiger partial charge in [-0.3, -0.25) is 4.79 Å². The Balaban J connectivity index is 4.81. The Bertz CT molecular complexity index is 307. The molecule has 0 radical (unpaired) electrons. The van der Waals surface area contributed by atoms with Crippen molar-refractivity contribution < 1.29 is 32.2 Å². The maximum atomic E-state index is 12.0. The normalized spacial score (nSPS) is 12.2. The molecule has 0 spiro atoms. The van der Waals surface area contributed by atoms with Crippen molar-refractivity contribution in [2.45, 2.75) is 26.4 Å². The molecule has 0 saturated heterocycles. The lowest BCUT2D eigenvalue weighted by Crippen LogP contribution is -2.22. The second-order valence-corrected chi connectivity index (χ2v) is 2.92. The highest BCUT2D eigenvalue weighted by Gasteiger charge is 2.34. The standard InChI is InChI=1S/C10H13F3O4/c1-3-16-6-7(9(15)17-4-2)8(14)5-10(11,12)13/h6H,3-5H2,1-2H3/b7-6+. The number of rotatable bonds is 6. The first-order valence-electron chi connectivity index (χ1n) is 4.90. The highest BCUT2D eigenvalue weighted by atomic mass is 19.4. The maximum Gasteiger partial charge on any atom is 0.396 e. The highest BCUT2D eigenvalue weighted by Crippen LogP contribution is 2.22. The molecule has 0 aromatic carbocycles. The van der Waals surface area contributed by atoms with Gasteiger partial charge in [0.2, 0.25) is 0 Å². The Morgan fingerprint density at radius 1 is 1.18 bits per heavy atom. The summed E-state index contributed by atoms with van der Waals surface area (Å²) in [5.74, 6) is -2.49. The molecule has 0 aliphatic heterocycles. The monoisotopic (exact) mass is 254 g/mol. The molecule has 0 unspecified atom stereocenters. The van der Waals surface area contributed by atoms with Gasteiger partial charge in [-0.2, -0.15) is 13.2 Å². The minimum atomic E-state index is -4.67. The molecule has 0 fully saturated rings. The van der Waals surface area contributed by atoms with Gasteiger partial charge in [-0.15, -0.1) is 0 Å². The average molecular weight is 254 g/mol. The molecule has 4 nitrogen and oxygen atoms in total. The van der Waals surface area contributed by atoms with Crippen molar-refractivity contribution in [3.8, 4) is 0 Å². The van der Waals surface area contributed by atoms with E-state index >= 15 is 0 Å². The number of ketones is 1. The maximum absolute atomic E-state index is 12.0. The van der Waals surface area contributed by atoms with Crippen molar-refractivity contribution in [2.75, 3.05) is 13.2 Å². The molecule has 0 amide bonds. The largest absolute Gasteiger partial charge is 0.500 e. The number of esters is 1. The molecule has 0 aliphatic rings. The molecule has 0 heterocycles. The Morgan fingerprint density at radius 2 is 1.76 bits per heavy atom. The molecule has 7 heteroatoms. The third kappa shape index (κ3) is 6.60. The van der Waals surface area contributed by atoms with Crippen LogP contribution in [0.3, 0.4) is 0 Å². The summed E-state index contributed by atoms with van der Waals surface area (Å²) in [6.45, 7) is 3.13. The summed E-state index contributed by atoms with van der Waals surface area (Å²) < 4.78 is 45.1. The fourth-order valence-corrected chi connectivity index (χ4v) is 0.880. The van der Waals surface area contributed by atoms with E-state index in [1.807, 2.05) is 0 Å². The van der Waals surface area contributed by atoms with Crippen LogP contribution in [0.2, 0.25) is 0 Å². The lowest BCUT2D eigenvalue weighted by molar-refractivity contribution is -0.152. The van der Waals surface area contributed by atoms with Gasteiger partial charge in [0, 0.05) is 0 Å². The zero-order chi connectivity index (χ0) is 13.5. The van der Waals surface area contributed by atoms with Gasteiger partial charge in [-0.25, -0.2) is 4.79 Å². The number of hydrogen-bond donors (Lipinski definition) is 0. The summed E-state index contributed by atoms with van der Waals surface area (Å²) in [4.78, 5) is 22.4. The van der Waals surface area contributed by atoms with Gasteiger partial charge in [0.05, 0.1) is 13.2 Å². The number of Topliss-reactive ketones (excluding diaryl/α,β-unsaturated/α-hetero) is 1. The molecule has 0 N–H and O–H groups in total. The van der Waals surface area contributed by atoms with Gasteiger partial charge in [0.25, 0.3) is 0 Å². The fourth-order valence-electron chi connectivity index (χ4n) is 0.880. The molecule has 17 heavy (non-hydrogen) atoms. The average Bonchev–Trinajstić information content (AvgIpc) is 2.15. The second-order valence-electron chi connectivity index (χ2n) is 2.92. The van der Waals surface area contributed by atoms with Gasteiger partial charge in [0.1, 0.15) is 18.3 Å². The van der Waals surface area contributed by atoms with E-state index < -0.39 is 29.9 Å². The van der Waals surface area contributed by atoms with Crippen molar-refractivity contribution in [3.63, 3.8) is 0 Å². The Labute approximate surface area is 96.4 Å². The zero-order valence-electron chi connectivity index (χ0n) is 9.47. The molecule has 0 aromatic heterocycles. The third-order valence-electron chi connectivity index (χ3n) is 1.52. The summed E-state index contributed by atoms with van der Waals surface area (Å²) in [6, 6.07) is 0. The summed E-state index contributed by atoms with van der Waals surface area (Å²) in [7, 11) is 0. The number of hydrogen-bond acceptors (Lipinski definition) is 4. The number of carbonyl (C=O) groups excluding carboxylic acids is 2. The molecular formula is C10H13F3O4. The number of halogens is 3. The second kappa shape index (κ2) is 6.93. The summed E-state index contributed by atoms with van der Waals surface area (Å²) in [5.41, 5.74) is -0.731. The van der Waals surface area contributed by atoms with Crippen LogP contribution in [-0.2, 0) is 19.1 Å². The summed E-state index contributed by atoms with van der Waals surface area (Å²) in [6.07, 6.45) is -5.69. The van der Waals surface area contributed by atoms with E-state index in [2.05, 4.69) is 9.47 Å². The smallest absolute Gasteiger partial charge is 0.396 e. The molecule has 0 aromatic rings. The Kier molecular flexibility index (Phi) is 6.30. The van der Waals surface area contributed by atoms with Crippen molar-refractivity contribution in [3.05, 3.63) is 11.8 Å². The molecule has 0 aliphatic carbocycles. The lowest BCUT2D eigenvalue weighted by Gasteiger charge is -2.08. The molecule has 98 valence electrons. The highest BCUT2D eigenvalue weighted by molar-refractivity contribution is 6.17. The van der Waals surface area contributed by atoms with Crippen LogP contribution >= 0.6 is 0 Å². The quantitative estimate of drug-likeness (QED) is 0.239. The van der Waals surface area contributed by atoms with Crippen LogP contribution < -0.4 is 0 Å². The van der Waals surface area contributed by atoms with Crippen LogP contribution in [-0.4, -0.2) is 31.1 Å². The first-order chi connectivity index (χ1) is 7.81. The van der Waals surface area contributed by atoms with E-state index in [1.54, 1.807) is 6.92 Å². The van der Waals surface area contributed by atoms with E-state index in [1.165, 1.54) is 6.92 Å². The van der Waals surface area contributed by atoms with Crippen LogP contribution in [0.4, 0.5) is 13.2 Å². The molecule has 0 bridgehead atoms. The first kappa shape index (κ1) is 15.5. The van der Waals surface area contributed by atoms with Crippen LogP contribution in [0.25, 0.3) is 0 Å². The van der Waals surface area contributed by atoms with Crippen LogP contribution in [0, 0.1) is 0 Å². The van der Waals surface area contributed by atoms with E-state index in [-0.39, 0.29) is 13.2 Å². The van der Waals surface area contributed by atoms with Crippen molar-refractivity contribution >= 4 is 11.8 Å². The minimum Gasteiger partial charge on any atom is -0.500 e. The SMILES string of the molecule is CCO/C=C(\C(=O)CC(F)(F)F)C(=O)OCC. The predicted molar refractivity (Wildman–Crippen MR) is 52.0 cm³/mol. The topological polar surface area (TPSA) is 52.6 Å². The lowest BCUT2D eigenvalue weighted by atomic mass is 10.1. The Hall–Kier alpha value is -1.53. The Morgan fingerprint density at radius 3 is 2.18 bits per heavy atom. The van der Waals surface area contributed by atoms with Crippen LogP contribution in [0.15, 0.2) is 11.8 Å². The molecule has 0 saturated carbocycles. The van der Waals surface area contributed by atoms with Crippen molar-refractivity contribution in [1.82, 2.24) is 0 Å². The van der Waals surface area contributed by atoms with Crippen molar-refractivity contribution in [2.24, 2.45) is 0 Å². The summed E-state index contributed by atoms with van der Waals surface area (Å²) in [5, 5.41) is 0. The number of carbonyl (C=O) groups is 2. The van der Waals surface area contributed by atoms with Crippen LogP contribution in [0.1, 0.15) is 20.3 Å². The predicted octanol–water partition coefficient (Wildman–Crippen LogP) is 1.99. The van der Waals surface area contributed by atoms with Crippen molar-refractivity contribution in [1.29, 1.82) is 0 Å².